The fourth-order valence-electron chi connectivity index (χ4n) is 7.12. The number of pyridine rings is 1. The highest BCUT2D eigenvalue weighted by molar-refractivity contribution is 7.91. The van der Waals surface area contributed by atoms with E-state index in [0.29, 0.717) is 11.5 Å². The largest absolute Gasteiger partial charge is 0.497 e. The fourth-order valence-corrected chi connectivity index (χ4v) is 8.57. The maximum Gasteiger partial charge on any atom is 0.206 e. The van der Waals surface area contributed by atoms with Gasteiger partial charge in [0, 0.05) is 46.9 Å². The first-order valence-electron chi connectivity index (χ1n) is 17.7. The van der Waals surface area contributed by atoms with Crippen LogP contribution in [0.25, 0.3) is 44.4 Å². The predicted molar refractivity (Wildman–Crippen MR) is 214 cm³/mol. The number of methoxy groups -OCH3 is 1. The molecule has 0 aliphatic rings. The van der Waals surface area contributed by atoms with Crippen molar-refractivity contribution < 1.29 is 17.9 Å². The number of ether oxygens (including phenoxy) is 2. The first-order chi connectivity index (χ1) is 25.9. The van der Waals surface area contributed by atoms with Crippen molar-refractivity contribution in [3.63, 3.8) is 0 Å². The summed E-state index contributed by atoms with van der Waals surface area (Å²) in [6.45, 7) is 10.4. The maximum absolute atomic E-state index is 13.4. The highest BCUT2D eigenvalue weighted by atomic mass is 32.2. The van der Waals surface area contributed by atoms with Gasteiger partial charge in [-0.25, -0.2) is 18.1 Å². The SMILES string of the molecule is COc1ccnc(-n2c3ccccc3c3ccc(Oc4cc(-n5cc(-c6c(C)cc(S(=O)(=O)c7ccccc7)cc6C)cn5)cc(C(C)(C)C)c4)cc32)c1. The molecule has 0 amide bonds. The predicted octanol–water partition coefficient (Wildman–Crippen LogP) is 10.6. The molecular weight excluding hydrogens is 693 g/mol. The molecule has 3 aromatic heterocycles. The third kappa shape index (κ3) is 6.30. The van der Waals surface area contributed by atoms with E-state index in [2.05, 4.69) is 61.7 Å². The summed E-state index contributed by atoms with van der Waals surface area (Å²) in [6.07, 6.45) is 5.56. The molecular formula is C45H40N4O4S. The van der Waals surface area contributed by atoms with E-state index in [1.807, 2.05) is 73.4 Å². The summed E-state index contributed by atoms with van der Waals surface area (Å²) in [7, 11) is -2.00. The molecule has 0 N–H and O–H groups in total. The number of aryl methyl sites for hydroxylation is 2. The van der Waals surface area contributed by atoms with Crippen LogP contribution in [0.15, 0.2) is 144 Å². The number of benzene rings is 5. The van der Waals surface area contributed by atoms with Gasteiger partial charge in [-0.05, 0) is 102 Å². The van der Waals surface area contributed by atoms with Gasteiger partial charge in [-0.1, -0.05) is 57.2 Å². The first kappa shape index (κ1) is 34.9. The van der Waals surface area contributed by atoms with Crippen LogP contribution < -0.4 is 9.47 Å². The molecule has 0 spiro atoms. The van der Waals surface area contributed by atoms with Crippen LogP contribution in [-0.4, -0.2) is 34.9 Å². The number of nitrogens with zero attached hydrogens (tertiary/aromatic N) is 4. The second-order valence-corrected chi connectivity index (χ2v) is 16.5. The molecule has 270 valence electrons. The lowest BCUT2D eigenvalue weighted by molar-refractivity contribution is 0.414. The highest BCUT2D eigenvalue weighted by Crippen LogP contribution is 2.38. The van der Waals surface area contributed by atoms with Crippen LogP contribution in [0.2, 0.25) is 0 Å². The van der Waals surface area contributed by atoms with Gasteiger partial charge in [-0.15, -0.1) is 0 Å². The van der Waals surface area contributed by atoms with Crippen molar-refractivity contribution in [3.8, 4) is 39.9 Å². The van der Waals surface area contributed by atoms with Gasteiger partial charge in [0.05, 0.1) is 39.8 Å². The van der Waals surface area contributed by atoms with E-state index >= 15 is 0 Å². The Labute approximate surface area is 315 Å². The Kier molecular flexibility index (Phi) is 8.62. The summed E-state index contributed by atoms with van der Waals surface area (Å²) in [5.74, 6) is 2.84. The zero-order valence-electron chi connectivity index (χ0n) is 31.0. The van der Waals surface area contributed by atoms with Crippen molar-refractivity contribution in [2.45, 2.75) is 49.8 Å². The first-order valence-corrected chi connectivity index (χ1v) is 19.2. The molecule has 5 aromatic carbocycles. The van der Waals surface area contributed by atoms with Gasteiger partial charge < -0.3 is 9.47 Å². The Balaban J connectivity index is 1.17. The number of para-hydroxylation sites is 1. The van der Waals surface area contributed by atoms with Crippen LogP contribution in [0, 0.1) is 13.8 Å². The molecule has 0 saturated heterocycles. The molecule has 0 fully saturated rings. The minimum absolute atomic E-state index is 0.175. The van der Waals surface area contributed by atoms with E-state index in [9.17, 15) is 8.42 Å². The second kappa shape index (κ2) is 13.3. The number of rotatable bonds is 8. The van der Waals surface area contributed by atoms with Gasteiger partial charge in [-0.3, -0.25) is 4.57 Å². The third-order valence-corrected chi connectivity index (χ3v) is 11.6. The zero-order valence-corrected chi connectivity index (χ0v) is 31.8. The van der Waals surface area contributed by atoms with Crippen molar-refractivity contribution in [2.24, 2.45) is 0 Å². The number of hydrogen-bond acceptors (Lipinski definition) is 6. The molecule has 8 aromatic rings. The topological polar surface area (TPSA) is 88.2 Å². The van der Waals surface area contributed by atoms with Gasteiger partial charge >= 0.3 is 0 Å². The number of sulfone groups is 1. The van der Waals surface area contributed by atoms with E-state index in [1.165, 1.54) is 0 Å². The summed E-state index contributed by atoms with van der Waals surface area (Å²) < 4.78 is 43.0. The second-order valence-electron chi connectivity index (χ2n) is 14.6. The minimum Gasteiger partial charge on any atom is -0.497 e. The normalized spacial score (nSPS) is 12.0. The van der Waals surface area contributed by atoms with E-state index in [0.717, 1.165) is 66.9 Å². The van der Waals surface area contributed by atoms with Gasteiger partial charge in [0.15, 0.2) is 0 Å². The van der Waals surface area contributed by atoms with E-state index in [4.69, 9.17) is 19.6 Å². The van der Waals surface area contributed by atoms with Crippen LogP contribution in [0.3, 0.4) is 0 Å². The quantitative estimate of drug-likeness (QED) is 0.155. The van der Waals surface area contributed by atoms with Crippen molar-refractivity contribution in [1.82, 2.24) is 19.3 Å². The van der Waals surface area contributed by atoms with Crippen LogP contribution >= 0.6 is 0 Å². The average molecular weight is 733 g/mol. The molecule has 9 heteroatoms. The smallest absolute Gasteiger partial charge is 0.206 e. The molecule has 0 unspecified atom stereocenters. The Morgan fingerprint density at radius 3 is 2.15 bits per heavy atom. The monoisotopic (exact) mass is 732 g/mol. The Bertz CT molecular complexity index is 2790. The van der Waals surface area contributed by atoms with E-state index < -0.39 is 9.84 Å². The van der Waals surface area contributed by atoms with Crippen molar-refractivity contribution >= 4 is 31.6 Å². The van der Waals surface area contributed by atoms with Crippen LogP contribution in [0.1, 0.15) is 37.5 Å². The molecule has 54 heavy (non-hydrogen) atoms. The van der Waals surface area contributed by atoms with E-state index in [-0.39, 0.29) is 15.2 Å². The Hall–Kier alpha value is -6.19. The molecule has 0 aliphatic heterocycles. The molecule has 0 saturated carbocycles. The summed E-state index contributed by atoms with van der Waals surface area (Å²) in [5, 5.41) is 6.99. The van der Waals surface area contributed by atoms with Crippen molar-refractivity contribution in [1.29, 1.82) is 0 Å². The van der Waals surface area contributed by atoms with E-state index in [1.54, 1.807) is 49.7 Å². The Morgan fingerprint density at radius 1 is 0.685 bits per heavy atom. The lowest BCUT2D eigenvalue weighted by atomic mass is 9.86. The van der Waals surface area contributed by atoms with Gasteiger partial charge in [0.2, 0.25) is 9.84 Å². The highest BCUT2D eigenvalue weighted by Gasteiger charge is 2.22. The minimum atomic E-state index is -3.65. The summed E-state index contributed by atoms with van der Waals surface area (Å²) >= 11 is 0. The van der Waals surface area contributed by atoms with Gasteiger partial charge in [0.1, 0.15) is 23.1 Å². The lowest BCUT2D eigenvalue weighted by Crippen LogP contribution is -2.12. The zero-order chi connectivity index (χ0) is 37.8. The van der Waals surface area contributed by atoms with Crippen molar-refractivity contribution in [3.05, 3.63) is 151 Å². The summed E-state index contributed by atoms with van der Waals surface area (Å²) in [6, 6.07) is 36.4. The van der Waals surface area contributed by atoms with Crippen LogP contribution in [0.5, 0.6) is 17.2 Å². The molecule has 3 heterocycles. The molecule has 0 bridgehead atoms. The number of hydrogen-bond donors (Lipinski definition) is 0. The molecule has 8 nitrogen and oxygen atoms in total. The Morgan fingerprint density at radius 2 is 1.41 bits per heavy atom. The molecule has 0 aliphatic carbocycles. The van der Waals surface area contributed by atoms with Crippen LogP contribution in [-0.2, 0) is 15.3 Å². The summed E-state index contributed by atoms with van der Waals surface area (Å²) in [4.78, 5) is 5.25. The summed E-state index contributed by atoms with van der Waals surface area (Å²) in [5.41, 5.74) is 7.31. The molecule has 0 atom stereocenters. The van der Waals surface area contributed by atoms with Crippen molar-refractivity contribution in [2.75, 3.05) is 7.11 Å². The number of aromatic nitrogens is 4. The lowest BCUT2D eigenvalue weighted by Gasteiger charge is -2.21. The molecule has 0 radical (unpaired) electrons. The van der Waals surface area contributed by atoms with Gasteiger partial charge in [-0.2, -0.15) is 5.10 Å². The third-order valence-electron chi connectivity index (χ3n) is 9.83. The maximum atomic E-state index is 13.4. The standard InChI is InChI=1S/C45H40N4O4S/c1-29-20-38(54(50,51)37-12-8-7-9-13-37)21-30(2)44(29)31-27-47-48(28-31)33-22-32(45(3,4)5)23-36(24-33)53-35-16-17-40-39-14-10-11-15-41(39)49(42(40)25-35)43-26-34(52-6)18-19-46-43/h7-28H,1-6H3. The van der Waals surface area contributed by atoms with Crippen LogP contribution in [0.4, 0.5) is 0 Å². The molecule has 8 rings (SSSR count). The number of fused-ring (bicyclic) bond motifs is 3. The van der Waals surface area contributed by atoms with Gasteiger partial charge in [0.25, 0.3) is 0 Å². The average Bonchev–Trinajstić information content (AvgIpc) is 3.77. The fraction of sp³-hybridized carbons (Fsp3) is 0.156.